The van der Waals surface area contributed by atoms with Crippen LogP contribution in [0.1, 0.15) is 18.4 Å². The molecule has 1 aromatic carbocycles. The van der Waals surface area contributed by atoms with Crippen LogP contribution in [0.2, 0.25) is 0 Å². The van der Waals surface area contributed by atoms with Gasteiger partial charge in [-0.05, 0) is 25.0 Å². The summed E-state index contributed by atoms with van der Waals surface area (Å²) in [6, 6.07) is 4.58. The minimum Gasteiger partial charge on any atom is -0.483 e. The number of nitrogens with two attached hydrogens (primary N) is 1. The number of hydrogen-bond donors (Lipinski definition) is 2. The second-order valence-electron chi connectivity index (χ2n) is 4.66. The number of carbonyl (C=O) groups excluding carboxylic acids is 1. The number of nitrogens with one attached hydrogen (secondary N) is 1. The van der Waals surface area contributed by atoms with Crippen molar-refractivity contribution in [2.45, 2.75) is 25.4 Å². The van der Waals surface area contributed by atoms with Gasteiger partial charge in [-0.2, -0.15) is 0 Å². The summed E-state index contributed by atoms with van der Waals surface area (Å²) >= 11 is 0. The highest BCUT2D eigenvalue weighted by atomic mass is 19.1. The molecule has 2 rings (SSSR count). The minimum atomic E-state index is -0.421. The summed E-state index contributed by atoms with van der Waals surface area (Å²) in [5, 5.41) is 2.87. The van der Waals surface area contributed by atoms with E-state index in [1.807, 2.05) is 0 Å². The van der Waals surface area contributed by atoms with Gasteiger partial charge in [0.05, 0.1) is 0 Å². The predicted molar refractivity (Wildman–Crippen MR) is 71.8 cm³/mol. The third kappa shape index (κ3) is 3.91. The Labute approximate surface area is 117 Å². The van der Waals surface area contributed by atoms with E-state index in [0.29, 0.717) is 19.0 Å². The summed E-state index contributed by atoms with van der Waals surface area (Å²) in [4.78, 5) is 11.8. The molecule has 0 aliphatic carbocycles. The summed E-state index contributed by atoms with van der Waals surface area (Å²) in [7, 11) is 0. The topological polar surface area (TPSA) is 73.6 Å². The lowest BCUT2D eigenvalue weighted by molar-refractivity contribution is -0.124. The van der Waals surface area contributed by atoms with Crippen LogP contribution in [0.4, 0.5) is 4.39 Å². The Balaban J connectivity index is 1.85. The van der Waals surface area contributed by atoms with Crippen molar-refractivity contribution in [2.24, 2.45) is 5.73 Å². The summed E-state index contributed by atoms with van der Waals surface area (Å²) < 4.78 is 24.0. The fourth-order valence-electron chi connectivity index (χ4n) is 2.13. The van der Waals surface area contributed by atoms with Gasteiger partial charge < -0.3 is 20.5 Å². The Bertz CT molecular complexity index is 462. The standard InChI is InChI=1S/C14H19FN2O3/c15-12-2-1-3-13(11(12)8-16)20-9-14(18)17-10-4-6-19-7-5-10/h1-3,10H,4-9,16H2,(H,17,18). The van der Waals surface area contributed by atoms with E-state index in [1.165, 1.54) is 12.1 Å². The van der Waals surface area contributed by atoms with E-state index >= 15 is 0 Å². The zero-order chi connectivity index (χ0) is 14.4. The van der Waals surface area contributed by atoms with Crippen molar-refractivity contribution in [1.29, 1.82) is 0 Å². The monoisotopic (exact) mass is 282 g/mol. The third-order valence-corrected chi connectivity index (χ3v) is 3.23. The third-order valence-electron chi connectivity index (χ3n) is 3.23. The number of halogens is 1. The van der Waals surface area contributed by atoms with Gasteiger partial charge in [0.2, 0.25) is 0 Å². The lowest BCUT2D eigenvalue weighted by Crippen LogP contribution is -2.41. The quantitative estimate of drug-likeness (QED) is 0.843. The molecule has 3 N–H and O–H groups in total. The molecule has 0 saturated carbocycles. The van der Waals surface area contributed by atoms with Crippen LogP contribution in [0.25, 0.3) is 0 Å². The van der Waals surface area contributed by atoms with Gasteiger partial charge in [-0.1, -0.05) is 6.07 Å². The minimum absolute atomic E-state index is 0.0313. The molecule has 1 saturated heterocycles. The summed E-state index contributed by atoms with van der Waals surface area (Å²) in [6.07, 6.45) is 1.61. The van der Waals surface area contributed by atoms with Crippen molar-refractivity contribution < 1.29 is 18.7 Å². The molecule has 0 radical (unpaired) electrons. The maximum absolute atomic E-state index is 13.5. The molecule has 0 aromatic heterocycles. The normalized spacial score (nSPS) is 15.9. The molecule has 1 aliphatic heterocycles. The highest BCUT2D eigenvalue weighted by Gasteiger charge is 2.16. The van der Waals surface area contributed by atoms with E-state index < -0.39 is 5.82 Å². The molecule has 0 atom stereocenters. The maximum atomic E-state index is 13.5. The smallest absolute Gasteiger partial charge is 0.258 e. The number of hydrogen-bond acceptors (Lipinski definition) is 4. The summed E-state index contributed by atoms with van der Waals surface area (Å²) in [5.74, 6) is -0.325. The van der Waals surface area contributed by atoms with Crippen LogP contribution in [0.3, 0.4) is 0 Å². The van der Waals surface area contributed by atoms with Crippen LogP contribution in [-0.2, 0) is 16.1 Å². The average Bonchev–Trinajstić information content (AvgIpc) is 2.46. The summed E-state index contributed by atoms with van der Waals surface area (Å²) in [6.45, 7) is 1.21. The van der Waals surface area contributed by atoms with Gasteiger partial charge in [-0.25, -0.2) is 4.39 Å². The van der Waals surface area contributed by atoms with E-state index in [4.69, 9.17) is 15.2 Å². The van der Waals surface area contributed by atoms with Gasteiger partial charge in [0, 0.05) is 31.4 Å². The van der Waals surface area contributed by atoms with Crippen LogP contribution in [-0.4, -0.2) is 31.8 Å². The van der Waals surface area contributed by atoms with Crippen LogP contribution < -0.4 is 15.8 Å². The van der Waals surface area contributed by atoms with Gasteiger partial charge in [0.1, 0.15) is 11.6 Å². The van der Waals surface area contributed by atoms with E-state index in [-0.39, 0.29) is 30.7 Å². The average molecular weight is 282 g/mol. The van der Waals surface area contributed by atoms with Gasteiger partial charge >= 0.3 is 0 Å². The van der Waals surface area contributed by atoms with Crippen LogP contribution in [0.15, 0.2) is 18.2 Å². The first-order valence-corrected chi connectivity index (χ1v) is 6.68. The first kappa shape index (κ1) is 14.7. The maximum Gasteiger partial charge on any atom is 0.258 e. The Morgan fingerprint density at radius 2 is 2.20 bits per heavy atom. The largest absolute Gasteiger partial charge is 0.483 e. The van der Waals surface area contributed by atoms with E-state index in [0.717, 1.165) is 12.8 Å². The van der Waals surface area contributed by atoms with Crippen molar-refractivity contribution in [3.05, 3.63) is 29.6 Å². The highest BCUT2D eigenvalue weighted by Crippen LogP contribution is 2.20. The second kappa shape index (κ2) is 7.21. The molecule has 1 aliphatic rings. The SMILES string of the molecule is NCc1c(F)cccc1OCC(=O)NC1CCOCC1. The Kier molecular flexibility index (Phi) is 5.31. The number of carbonyl (C=O) groups is 1. The molecule has 0 unspecified atom stereocenters. The first-order chi connectivity index (χ1) is 9.70. The molecule has 1 aromatic rings. The molecule has 0 bridgehead atoms. The molecule has 6 heteroatoms. The summed E-state index contributed by atoms with van der Waals surface area (Å²) in [5.41, 5.74) is 5.76. The Morgan fingerprint density at radius 3 is 2.90 bits per heavy atom. The fourth-order valence-corrected chi connectivity index (χ4v) is 2.13. The van der Waals surface area contributed by atoms with E-state index in [9.17, 15) is 9.18 Å². The lowest BCUT2D eigenvalue weighted by Gasteiger charge is -2.23. The van der Waals surface area contributed by atoms with Crippen molar-refractivity contribution in [2.75, 3.05) is 19.8 Å². The Morgan fingerprint density at radius 1 is 1.45 bits per heavy atom. The molecule has 1 fully saturated rings. The van der Waals surface area contributed by atoms with Crippen LogP contribution >= 0.6 is 0 Å². The molecule has 1 amide bonds. The zero-order valence-electron chi connectivity index (χ0n) is 11.2. The van der Waals surface area contributed by atoms with Gasteiger partial charge in [0.25, 0.3) is 5.91 Å². The van der Waals surface area contributed by atoms with Gasteiger partial charge in [0.15, 0.2) is 6.61 Å². The molecule has 5 nitrogen and oxygen atoms in total. The van der Waals surface area contributed by atoms with Crippen LogP contribution in [0, 0.1) is 5.82 Å². The molecular formula is C14H19FN2O3. The van der Waals surface area contributed by atoms with E-state index in [1.54, 1.807) is 6.07 Å². The highest BCUT2D eigenvalue weighted by molar-refractivity contribution is 5.77. The van der Waals surface area contributed by atoms with Crippen molar-refractivity contribution in [3.63, 3.8) is 0 Å². The molecule has 1 heterocycles. The number of rotatable bonds is 5. The fraction of sp³-hybridized carbons (Fsp3) is 0.500. The number of amides is 1. The number of ether oxygens (including phenoxy) is 2. The van der Waals surface area contributed by atoms with E-state index in [2.05, 4.69) is 5.32 Å². The van der Waals surface area contributed by atoms with Gasteiger partial charge in [-0.3, -0.25) is 4.79 Å². The Hall–Kier alpha value is -1.66. The molecule has 20 heavy (non-hydrogen) atoms. The van der Waals surface area contributed by atoms with Crippen LogP contribution in [0.5, 0.6) is 5.75 Å². The second-order valence-corrected chi connectivity index (χ2v) is 4.66. The van der Waals surface area contributed by atoms with Crippen molar-refractivity contribution in [1.82, 2.24) is 5.32 Å². The molecule has 0 spiro atoms. The molecule has 110 valence electrons. The van der Waals surface area contributed by atoms with Crippen molar-refractivity contribution >= 4 is 5.91 Å². The molecular weight excluding hydrogens is 263 g/mol. The number of benzene rings is 1. The van der Waals surface area contributed by atoms with Gasteiger partial charge in [-0.15, -0.1) is 0 Å². The first-order valence-electron chi connectivity index (χ1n) is 6.68. The van der Waals surface area contributed by atoms with Crippen molar-refractivity contribution in [3.8, 4) is 5.75 Å². The predicted octanol–water partition coefficient (Wildman–Crippen LogP) is 0.958. The lowest BCUT2D eigenvalue weighted by atomic mass is 10.1. The zero-order valence-corrected chi connectivity index (χ0v) is 11.2.